The highest BCUT2D eigenvalue weighted by atomic mass is 16.5. The van der Waals surface area contributed by atoms with Gasteiger partial charge in [-0.05, 0) is 24.3 Å². The highest BCUT2D eigenvalue weighted by Gasteiger charge is 2.20. The third kappa shape index (κ3) is 2.66. The van der Waals surface area contributed by atoms with E-state index >= 15 is 0 Å². The molecule has 0 saturated heterocycles. The number of aromatic nitrogens is 1. The number of pyridine rings is 1. The molecule has 1 aromatic carbocycles. The summed E-state index contributed by atoms with van der Waals surface area (Å²) in [6.45, 7) is 0. The van der Waals surface area contributed by atoms with Gasteiger partial charge in [-0.2, -0.15) is 0 Å². The number of hydrogen-bond acceptors (Lipinski definition) is 5. The van der Waals surface area contributed by atoms with E-state index in [1.54, 1.807) is 36.4 Å². The van der Waals surface area contributed by atoms with Crippen LogP contribution in [0.5, 0.6) is 5.75 Å². The maximum absolute atomic E-state index is 12.5. The Labute approximate surface area is 116 Å². The van der Waals surface area contributed by atoms with Gasteiger partial charge in [-0.15, -0.1) is 0 Å². The zero-order chi connectivity index (χ0) is 14.5. The first-order valence-corrected chi connectivity index (χ1v) is 5.89. The molecule has 2 aromatic rings. The lowest BCUT2D eigenvalue weighted by atomic mass is 10.0. The average molecular weight is 271 g/mol. The number of benzene rings is 1. The summed E-state index contributed by atoms with van der Waals surface area (Å²) < 4.78 is 9.71. The second-order valence-electron chi connectivity index (χ2n) is 3.95. The molecule has 0 N–H and O–H groups in total. The van der Waals surface area contributed by atoms with Crippen molar-refractivity contribution in [2.75, 3.05) is 14.2 Å². The molecule has 102 valence electrons. The second kappa shape index (κ2) is 5.97. The Morgan fingerprint density at radius 2 is 1.90 bits per heavy atom. The van der Waals surface area contributed by atoms with Gasteiger partial charge in [0.25, 0.3) is 0 Å². The predicted octanol–water partition coefficient (Wildman–Crippen LogP) is 2.11. The van der Waals surface area contributed by atoms with E-state index in [0.717, 1.165) is 0 Å². The van der Waals surface area contributed by atoms with Crippen molar-refractivity contribution in [3.8, 4) is 5.75 Å². The van der Waals surface area contributed by atoms with E-state index in [-0.39, 0.29) is 17.0 Å². The van der Waals surface area contributed by atoms with Gasteiger partial charge in [0.1, 0.15) is 5.75 Å². The topological polar surface area (TPSA) is 65.5 Å². The highest BCUT2D eigenvalue weighted by Crippen LogP contribution is 2.18. The fourth-order valence-corrected chi connectivity index (χ4v) is 1.77. The predicted molar refractivity (Wildman–Crippen MR) is 72.0 cm³/mol. The normalized spacial score (nSPS) is 9.90. The van der Waals surface area contributed by atoms with Crippen LogP contribution in [-0.2, 0) is 4.74 Å². The van der Waals surface area contributed by atoms with Crippen molar-refractivity contribution >= 4 is 11.8 Å². The summed E-state index contributed by atoms with van der Waals surface area (Å²) in [6.07, 6.45) is 1.44. The van der Waals surface area contributed by atoms with E-state index < -0.39 is 5.97 Å². The van der Waals surface area contributed by atoms with Crippen LogP contribution in [0.25, 0.3) is 0 Å². The number of esters is 1. The minimum Gasteiger partial charge on any atom is -0.497 e. The van der Waals surface area contributed by atoms with Crippen LogP contribution < -0.4 is 4.74 Å². The molecule has 0 aliphatic heterocycles. The first-order chi connectivity index (χ1) is 9.67. The highest BCUT2D eigenvalue weighted by molar-refractivity contribution is 6.13. The number of rotatable bonds is 4. The molecule has 0 aliphatic rings. The Hall–Kier alpha value is -2.69. The van der Waals surface area contributed by atoms with Crippen molar-refractivity contribution in [3.05, 3.63) is 59.4 Å². The van der Waals surface area contributed by atoms with E-state index in [2.05, 4.69) is 9.72 Å². The molecule has 5 nitrogen and oxygen atoms in total. The lowest BCUT2D eigenvalue weighted by Crippen LogP contribution is -2.13. The molecule has 0 radical (unpaired) electrons. The zero-order valence-electron chi connectivity index (χ0n) is 11.1. The second-order valence-corrected chi connectivity index (χ2v) is 3.95. The molecular weight excluding hydrogens is 258 g/mol. The lowest BCUT2D eigenvalue weighted by molar-refractivity contribution is 0.0590. The van der Waals surface area contributed by atoms with E-state index in [1.165, 1.54) is 20.4 Å². The molecule has 2 rings (SSSR count). The minimum absolute atomic E-state index is 0.00261. The summed E-state index contributed by atoms with van der Waals surface area (Å²) in [5.41, 5.74) is 0.623. The van der Waals surface area contributed by atoms with Crippen molar-refractivity contribution in [1.82, 2.24) is 4.98 Å². The SMILES string of the molecule is COC(=O)c1ncccc1C(=O)c1cccc(OC)c1. The lowest BCUT2D eigenvalue weighted by Gasteiger charge is -2.07. The van der Waals surface area contributed by atoms with Gasteiger partial charge in [0.05, 0.1) is 19.8 Å². The fourth-order valence-electron chi connectivity index (χ4n) is 1.77. The van der Waals surface area contributed by atoms with Gasteiger partial charge < -0.3 is 9.47 Å². The smallest absolute Gasteiger partial charge is 0.357 e. The van der Waals surface area contributed by atoms with E-state index in [4.69, 9.17) is 4.74 Å². The maximum Gasteiger partial charge on any atom is 0.357 e. The fraction of sp³-hybridized carbons (Fsp3) is 0.133. The van der Waals surface area contributed by atoms with E-state index in [9.17, 15) is 9.59 Å². The van der Waals surface area contributed by atoms with Crippen molar-refractivity contribution in [2.24, 2.45) is 0 Å². The van der Waals surface area contributed by atoms with Crippen LogP contribution in [0.15, 0.2) is 42.6 Å². The number of ether oxygens (including phenoxy) is 2. The maximum atomic E-state index is 12.5. The summed E-state index contributed by atoms with van der Waals surface area (Å²) in [5.74, 6) is -0.381. The number of carbonyl (C=O) groups excluding carboxylic acids is 2. The van der Waals surface area contributed by atoms with Crippen molar-refractivity contribution in [3.63, 3.8) is 0 Å². The molecule has 0 bridgehead atoms. The van der Waals surface area contributed by atoms with Gasteiger partial charge in [0.2, 0.25) is 0 Å². The number of hydrogen-bond donors (Lipinski definition) is 0. The third-order valence-corrected chi connectivity index (χ3v) is 2.76. The van der Waals surface area contributed by atoms with E-state index in [0.29, 0.717) is 11.3 Å². The molecule has 0 spiro atoms. The minimum atomic E-state index is -0.642. The molecule has 1 aromatic heterocycles. The summed E-state index contributed by atoms with van der Waals surface area (Å²) in [4.78, 5) is 28.0. The van der Waals surface area contributed by atoms with Gasteiger partial charge in [-0.1, -0.05) is 12.1 Å². The Balaban J connectivity index is 2.45. The van der Waals surface area contributed by atoms with Crippen LogP contribution in [0.4, 0.5) is 0 Å². The molecule has 0 atom stereocenters. The molecule has 0 unspecified atom stereocenters. The Kier molecular flexibility index (Phi) is 4.10. The Morgan fingerprint density at radius 1 is 1.10 bits per heavy atom. The van der Waals surface area contributed by atoms with Gasteiger partial charge >= 0.3 is 5.97 Å². The Morgan fingerprint density at radius 3 is 2.60 bits per heavy atom. The van der Waals surface area contributed by atoms with Crippen LogP contribution in [0.2, 0.25) is 0 Å². The number of carbonyl (C=O) groups is 2. The van der Waals surface area contributed by atoms with Gasteiger partial charge in [-0.3, -0.25) is 4.79 Å². The van der Waals surface area contributed by atoms with Crippen molar-refractivity contribution in [2.45, 2.75) is 0 Å². The van der Waals surface area contributed by atoms with Crippen LogP contribution in [0.3, 0.4) is 0 Å². The van der Waals surface area contributed by atoms with Crippen molar-refractivity contribution < 1.29 is 19.1 Å². The van der Waals surface area contributed by atoms with Gasteiger partial charge in [-0.25, -0.2) is 9.78 Å². The van der Waals surface area contributed by atoms with E-state index in [1.807, 2.05) is 0 Å². The van der Waals surface area contributed by atoms with Crippen LogP contribution in [0.1, 0.15) is 26.4 Å². The summed E-state index contributed by atoms with van der Waals surface area (Å²) >= 11 is 0. The zero-order valence-corrected chi connectivity index (χ0v) is 11.1. The summed E-state index contributed by atoms with van der Waals surface area (Å²) in [7, 11) is 2.77. The third-order valence-electron chi connectivity index (χ3n) is 2.76. The number of ketones is 1. The summed E-state index contributed by atoms with van der Waals surface area (Å²) in [6, 6.07) is 9.84. The first-order valence-electron chi connectivity index (χ1n) is 5.89. The summed E-state index contributed by atoms with van der Waals surface area (Å²) in [5, 5.41) is 0. The first kappa shape index (κ1) is 13.7. The standard InChI is InChI=1S/C15H13NO4/c1-19-11-6-3-5-10(9-11)14(17)12-7-4-8-16-13(12)15(18)20-2/h3-9H,1-2H3. The molecule has 0 fully saturated rings. The van der Waals surface area contributed by atoms with Crippen molar-refractivity contribution in [1.29, 1.82) is 0 Å². The molecule has 0 aliphatic carbocycles. The molecule has 20 heavy (non-hydrogen) atoms. The molecule has 5 heteroatoms. The average Bonchev–Trinajstić information content (AvgIpc) is 2.53. The molecular formula is C15H13NO4. The largest absolute Gasteiger partial charge is 0.497 e. The van der Waals surface area contributed by atoms with Crippen LogP contribution in [-0.4, -0.2) is 31.0 Å². The Bertz CT molecular complexity index is 652. The molecule has 0 amide bonds. The van der Waals surface area contributed by atoms with Crippen LogP contribution in [0, 0.1) is 0 Å². The molecule has 0 saturated carbocycles. The van der Waals surface area contributed by atoms with Crippen LogP contribution >= 0.6 is 0 Å². The quantitative estimate of drug-likeness (QED) is 0.629. The monoisotopic (exact) mass is 271 g/mol. The number of methoxy groups -OCH3 is 2. The number of nitrogens with zero attached hydrogens (tertiary/aromatic N) is 1. The molecule has 1 heterocycles. The van der Waals surface area contributed by atoms with Gasteiger partial charge in [0, 0.05) is 11.8 Å². The van der Waals surface area contributed by atoms with Gasteiger partial charge in [0.15, 0.2) is 11.5 Å².